The summed E-state index contributed by atoms with van der Waals surface area (Å²) < 4.78 is 0. The predicted octanol–water partition coefficient (Wildman–Crippen LogP) is 1.53. The average molecular weight is 280 g/mol. The maximum Gasteiger partial charge on any atom is 0.239 e. The quantitative estimate of drug-likeness (QED) is 0.879. The van der Waals surface area contributed by atoms with Crippen molar-refractivity contribution in [2.75, 3.05) is 24.5 Å². The molecule has 2 fully saturated rings. The van der Waals surface area contributed by atoms with Crippen LogP contribution in [0.25, 0.3) is 0 Å². The first-order valence-corrected chi connectivity index (χ1v) is 7.14. The molecule has 1 heterocycles. The van der Waals surface area contributed by atoms with Crippen molar-refractivity contribution in [2.24, 2.45) is 0 Å². The maximum absolute atomic E-state index is 11.5. The van der Waals surface area contributed by atoms with Gasteiger partial charge in [0.25, 0.3) is 0 Å². The lowest BCUT2D eigenvalue weighted by Crippen LogP contribution is -2.48. The van der Waals surface area contributed by atoms with Gasteiger partial charge in [-0.15, -0.1) is 0 Å². The minimum absolute atomic E-state index is 0.0623. The Morgan fingerprint density at radius 1 is 1.42 bits per heavy atom. The van der Waals surface area contributed by atoms with E-state index in [9.17, 15) is 4.79 Å². The van der Waals surface area contributed by atoms with Crippen LogP contribution in [0.15, 0.2) is 18.2 Å². The van der Waals surface area contributed by atoms with Crippen LogP contribution in [0.5, 0.6) is 0 Å². The average Bonchev–Trinajstić information content (AvgIpc) is 3.20. The Labute approximate surface area is 118 Å². The molecule has 1 aromatic carbocycles. The van der Waals surface area contributed by atoms with Crippen molar-refractivity contribution in [3.63, 3.8) is 0 Å². The van der Waals surface area contributed by atoms with E-state index in [1.54, 1.807) is 0 Å². The highest BCUT2D eigenvalue weighted by molar-refractivity contribution is 6.33. The number of nitrogens with zero attached hydrogens (tertiary/aromatic N) is 1. The van der Waals surface area contributed by atoms with Gasteiger partial charge in [0.2, 0.25) is 5.91 Å². The van der Waals surface area contributed by atoms with Crippen molar-refractivity contribution < 1.29 is 4.79 Å². The van der Waals surface area contributed by atoms with Crippen molar-refractivity contribution in [2.45, 2.75) is 25.4 Å². The van der Waals surface area contributed by atoms with Crippen LogP contribution in [0.1, 0.15) is 18.4 Å². The Morgan fingerprint density at radius 2 is 2.26 bits per heavy atom. The first-order valence-electron chi connectivity index (χ1n) is 6.76. The number of hydrogen-bond donors (Lipinski definition) is 2. The molecule has 2 N–H and O–H groups in total. The van der Waals surface area contributed by atoms with Crippen LogP contribution in [0.2, 0.25) is 5.02 Å². The molecule has 0 unspecified atom stereocenters. The number of rotatable bonds is 4. The number of carbonyl (C=O) groups is 1. The van der Waals surface area contributed by atoms with Crippen molar-refractivity contribution >= 4 is 23.2 Å². The normalized spacial score (nSPS) is 19.4. The summed E-state index contributed by atoms with van der Waals surface area (Å²) in [5, 5.41) is 7.07. The number of benzene rings is 1. The van der Waals surface area contributed by atoms with E-state index in [1.807, 2.05) is 12.1 Å². The predicted molar refractivity (Wildman–Crippen MR) is 76.5 cm³/mol. The van der Waals surface area contributed by atoms with Crippen LogP contribution in [0.3, 0.4) is 0 Å². The fourth-order valence-corrected chi connectivity index (χ4v) is 2.74. The lowest BCUT2D eigenvalue weighted by molar-refractivity contribution is -0.120. The first-order chi connectivity index (χ1) is 9.24. The van der Waals surface area contributed by atoms with Crippen molar-refractivity contribution in [3.05, 3.63) is 28.8 Å². The van der Waals surface area contributed by atoms with Crippen LogP contribution in [-0.4, -0.2) is 31.6 Å². The molecule has 2 aliphatic rings. The monoisotopic (exact) mass is 279 g/mol. The second-order valence-corrected chi connectivity index (χ2v) is 5.58. The largest absolute Gasteiger partial charge is 0.359 e. The lowest BCUT2D eigenvalue weighted by Gasteiger charge is -2.31. The molecule has 4 nitrogen and oxygen atoms in total. The second-order valence-electron chi connectivity index (χ2n) is 5.17. The summed E-state index contributed by atoms with van der Waals surface area (Å²) in [5.74, 6) is 0.0623. The van der Waals surface area contributed by atoms with Gasteiger partial charge in [-0.1, -0.05) is 23.7 Å². The number of hydrogen-bond acceptors (Lipinski definition) is 3. The summed E-state index contributed by atoms with van der Waals surface area (Å²) in [5.41, 5.74) is 2.18. The summed E-state index contributed by atoms with van der Waals surface area (Å²) in [7, 11) is 0. The molecule has 19 heavy (non-hydrogen) atoms. The van der Waals surface area contributed by atoms with Gasteiger partial charge < -0.3 is 15.5 Å². The summed E-state index contributed by atoms with van der Waals surface area (Å²) >= 11 is 6.34. The minimum atomic E-state index is 0.0623. The van der Waals surface area contributed by atoms with E-state index >= 15 is 0 Å². The molecule has 1 amide bonds. The van der Waals surface area contributed by atoms with Crippen molar-refractivity contribution in [1.82, 2.24) is 10.6 Å². The van der Waals surface area contributed by atoms with E-state index < -0.39 is 0 Å². The third-order valence-electron chi connectivity index (χ3n) is 3.58. The lowest BCUT2D eigenvalue weighted by atomic mass is 10.1. The summed E-state index contributed by atoms with van der Waals surface area (Å²) in [6, 6.07) is 6.61. The van der Waals surface area contributed by atoms with Crippen LogP contribution in [0, 0.1) is 0 Å². The molecule has 0 spiro atoms. The fraction of sp³-hybridized carbons (Fsp3) is 0.500. The smallest absolute Gasteiger partial charge is 0.239 e. The van der Waals surface area contributed by atoms with Gasteiger partial charge in [-0.25, -0.2) is 0 Å². The zero-order valence-corrected chi connectivity index (χ0v) is 11.5. The summed E-state index contributed by atoms with van der Waals surface area (Å²) in [6.45, 7) is 2.70. The number of halogens is 1. The number of nitrogens with one attached hydrogen (secondary N) is 2. The number of anilines is 1. The Bertz CT molecular complexity index is 488. The molecule has 0 bridgehead atoms. The SMILES string of the molecule is O=C1CN(c2c(Cl)cccc2CNC2CC2)CCN1. The van der Waals surface area contributed by atoms with Crippen LogP contribution in [0.4, 0.5) is 5.69 Å². The van der Waals surface area contributed by atoms with Gasteiger partial charge in [0, 0.05) is 25.7 Å². The summed E-state index contributed by atoms with van der Waals surface area (Å²) in [4.78, 5) is 13.6. The van der Waals surface area contributed by atoms with Gasteiger partial charge >= 0.3 is 0 Å². The first kappa shape index (κ1) is 12.8. The second kappa shape index (κ2) is 5.39. The number of para-hydroxylation sites is 1. The zero-order chi connectivity index (χ0) is 13.2. The van der Waals surface area contributed by atoms with Crippen LogP contribution < -0.4 is 15.5 Å². The van der Waals surface area contributed by atoms with Gasteiger partial charge in [0.1, 0.15) is 0 Å². The molecule has 102 valence electrons. The molecule has 0 aromatic heterocycles. The highest BCUT2D eigenvalue weighted by Crippen LogP contribution is 2.31. The fourth-order valence-electron chi connectivity index (χ4n) is 2.43. The maximum atomic E-state index is 11.5. The van der Waals surface area contributed by atoms with E-state index in [1.165, 1.54) is 18.4 Å². The number of amides is 1. The Hall–Kier alpha value is -1.26. The molecule has 1 saturated heterocycles. The third kappa shape index (κ3) is 3.01. The van der Waals surface area contributed by atoms with Gasteiger partial charge in [0.05, 0.1) is 17.3 Å². The molecular formula is C14H18ClN3O. The zero-order valence-electron chi connectivity index (χ0n) is 10.8. The van der Waals surface area contributed by atoms with E-state index in [4.69, 9.17) is 11.6 Å². The molecule has 5 heteroatoms. The summed E-state index contributed by atoms with van der Waals surface area (Å²) in [6.07, 6.45) is 2.53. The molecule has 1 aliphatic heterocycles. The van der Waals surface area contributed by atoms with Crippen molar-refractivity contribution in [1.29, 1.82) is 0 Å². The van der Waals surface area contributed by atoms with E-state index in [0.29, 0.717) is 19.1 Å². The number of carbonyl (C=O) groups excluding carboxylic acids is 1. The Kier molecular flexibility index (Phi) is 3.62. The molecular weight excluding hydrogens is 262 g/mol. The highest BCUT2D eigenvalue weighted by atomic mass is 35.5. The Morgan fingerprint density at radius 3 is 3.00 bits per heavy atom. The van der Waals surface area contributed by atoms with E-state index in [0.717, 1.165) is 23.8 Å². The molecule has 0 atom stereocenters. The van der Waals surface area contributed by atoms with Crippen molar-refractivity contribution in [3.8, 4) is 0 Å². The Balaban J connectivity index is 1.82. The highest BCUT2D eigenvalue weighted by Gasteiger charge is 2.23. The van der Waals surface area contributed by atoms with Gasteiger partial charge in [-0.2, -0.15) is 0 Å². The van der Waals surface area contributed by atoms with Crippen LogP contribution >= 0.6 is 11.6 Å². The molecule has 0 radical (unpaired) electrons. The van der Waals surface area contributed by atoms with Gasteiger partial charge in [0.15, 0.2) is 0 Å². The molecule has 1 saturated carbocycles. The third-order valence-corrected chi connectivity index (χ3v) is 3.89. The molecule has 1 aliphatic carbocycles. The van der Waals surface area contributed by atoms with Gasteiger partial charge in [-0.05, 0) is 24.5 Å². The van der Waals surface area contributed by atoms with E-state index in [-0.39, 0.29) is 5.91 Å². The minimum Gasteiger partial charge on any atom is -0.359 e. The standard InChI is InChI=1S/C14H18ClN3O/c15-12-3-1-2-10(8-17-11-4-5-11)14(12)18-7-6-16-13(19)9-18/h1-3,11,17H,4-9H2,(H,16,19). The van der Waals surface area contributed by atoms with E-state index in [2.05, 4.69) is 21.6 Å². The number of piperazine rings is 1. The molecule has 1 aromatic rings. The van der Waals surface area contributed by atoms with Gasteiger partial charge in [-0.3, -0.25) is 4.79 Å². The topological polar surface area (TPSA) is 44.4 Å². The van der Waals surface area contributed by atoms with Crippen LogP contribution in [-0.2, 0) is 11.3 Å². The molecule has 3 rings (SSSR count).